The SMILES string of the molecule is CSC1CC1N(C)O. The lowest BCUT2D eigenvalue weighted by Crippen LogP contribution is -2.17. The lowest BCUT2D eigenvalue weighted by Gasteiger charge is -2.04. The number of rotatable bonds is 2. The number of hydrogen-bond donors (Lipinski definition) is 1. The molecular formula is C5H11NOS. The maximum absolute atomic E-state index is 8.81. The molecule has 0 aromatic carbocycles. The Bertz CT molecular complexity index is 86.5. The highest BCUT2D eigenvalue weighted by atomic mass is 32.2. The van der Waals surface area contributed by atoms with Crippen molar-refractivity contribution in [2.45, 2.75) is 17.7 Å². The largest absolute Gasteiger partial charge is 0.314 e. The monoisotopic (exact) mass is 133 g/mol. The van der Waals surface area contributed by atoms with Crippen LogP contribution < -0.4 is 0 Å². The molecule has 0 heterocycles. The summed E-state index contributed by atoms with van der Waals surface area (Å²) in [6, 6.07) is 0.435. The highest BCUT2D eigenvalue weighted by molar-refractivity contribution is 7.99. The summed E-state index contributed by atoms with van der Waals surface area (Å²) < 4.78 is 0. The second kappa shape index (κ2) is 2.25. The zero-order valence-electron chi connectivity index (χ0n) is 5.16. The van der Waals surface area contributed by atoms with E-state index in [9.17, 15) is 0 Å². The van der Waals surface area contributed by atoms with Crippen LogP contribution in [0.25, 0.3) is 0 Å². The van der Waals surface area contributed by atoms with E-state index in [0.29, 0.717) is 11.3 Å². The molecule has 1 rings (SSSR count). The molecule has 8 heavy (non-hydrogen) atoms. The van der Waals surface area contributed by atoms with Crippen LogP contribution in [-0.2, 0) is 0 Å². The first-order valence-corrected chi connectivity index (χ1v) is 3.99. The summed E-state index contributed by atoms with van der Waals surface area (Å²) in [6.07, 6.45) is 3.22. The van der Waals surface area contributed by atoms with E-state index < -0.39 is 0 Å². The van der Waals surface area contributed by atoms with Crippen LogP contribution in [0.5, 0.6) is 0 Å². The number of hydrogen-bond acceptors (Lipinski definition) is 3. The van der Waals surface area contributed by atoms with Crippen LogP contribution in [-0.4, -0.2) is 34.9 Å². The van der Waals surface area contributed by atoms with Gasteiger partial charge < -0.3 is 5.21 Å². The van der Waals surface area contributed by atoms with Crippen molar-refractivity contribution < 1.29 is 5.21 Å². The van der Waals surface area contributed by atoms with Gasteiger partial charge in [0.1, 0.15) is 0 Å². The molecule has 0 bridgehead atoms. The maximum atomic E-state index is 8.81. The molecule has 0 saturated heterocycles. The van der Waals surface area contributed by atoms with Crippen molar-refractivity contribution in [1.82, 2.24) is 5.06 Å². The molecule has 0 radical (unpaired) electrons. The number of hydroxylamine groups is 2. The first-order valence-electron chi connectivity index (χ1n) is 2.70. The summed E-state index contributed by atoms with van der Waals surface area (Å²) in [7, 11) is 1.71. The van der Waals surface area contributed by atoms with Gasteiger partial charge in [0, 0.05) is 18.3 Å². The molecule has 0 amide bonds. The zero-order chi connectivity index (χ0) is 6.15. The van der Waals surface area contributed by atoms with Crippen molar-refractivity contribution in [3.63, 3.8) is 0 Å². The Morgan fingerprint density at radius 2 is 2.38 bits per heavy atom. The van der Waals surface area contributed by atoms with Gasteiger partial charge in [0.15, 0.2) is 0 Å². The smallest absolute Gasteiger partial charge is 0.0477 e. The topological polar surface area (TPSA) is 23.5 Å². The Hall–Kier alpha value is 0.270. The van der Waals surface area contributed by atoms with Gasteiger partial charge in [0.25, 0.3) is 0 Å². The highest BCUT2D eigenvalue weighted by Gasteiger charge is 2.39. The normalized spacial score (nSPS) is 36.0. The fourth-order valence-corrected chi connectivity index (χ4v) is 1.69. The van der Waals surface area contributed by atoms with Gasteiger partial charge >= 0.3 is 0 Å². The fourth-order valence-electron chi connectivity index (χ4n) is 0.806. The second-order valence-corrected chi connectivity index (χ2v) is 3.23. The van der Waals surface area contributed by atoms with Gasteiger partial charge in [-0.1, -0.05) is 0 Å². The van der Waals surface area contributed by atoms with Gasteiger partial charge in [-0.3, -0.25) is 0 Å². The maximum Gasteiger partial charge on any atom is 0.0477 e. The summed E-state index contributed by atoms with van der Waals surface area (Å²) >= 11 is 1.83. The third kappa shape index (κ3) is 1.16. The molecule has 2 nitrogen and oxygen atoms in total. The van der Waals surface area contributed by atoms with Crippen LogP contribution in [0.4, 0.5) is 0 Å². The zero-order valence-corrected chi connectivity index (χ0v) is 5.98. The van der Waals surface area contributed by atoms with Crippen molar-refractivity contribution in [2.75, 3.05) is 13.3 Å². The van der Waals surface area contributed by atoms with E-state index in [2.05, 4.69) is 6.26 Å². The van der Waals surface area contributed by atoms with E-state index in [1.807, 2.05) is 11.8 Å². The molecule has 0 aliphatic heterocycles. The van der Waals surface area contributed by atoms with Gasteiger partial charge in [-0.2, -0.15) is 16.8 Å². The molecule has 0 spiro atoms. The summed E-state index contributed by atoms with van der Waals surface area (Å²) in [5.74, 6) is 0. The predicted molar refractivity (Wildman–Crippen MR) is 35.3 cm³/mol. The third-order valence-electron chi connectivity index (χ3n) is 1.48. The van der Waals surface area contributed by atoms with Crippen LogP contribution in [0.3, 0.4) is 0 Å². The predicted octanol–water partition coefficient (Wildman–Crippen LogP) is 0.811. The summed E-state index contributed by atoms with van der Waals surface area (Å²) in [5.41, 5.74) is 0. The Labute approximate surface area is 53.8 Å². The molecule has 0 aromatic heterocycles. The third-order valence-corrected chi connectivity index (χ3v) is 2.59. The Morgan fingerprint density at radius 3 is 2.50 bits per heavy atom. The molecule has 2 atom stereocenters. The molecule has 1 saturated carbocycles. The molecule has 1 N–H and O–H groups in total. The van der Waals surface area contributed by atoms with Crippen LogP contribution in [0.15, 0.2) is 0 Å². The van der Waals surface area contributed by atoms with Crippen LogP contribution in [0.2, 0.25) is 0 Å². The second-order valence-electron chi connectivity index (χ2n) is 2.15. The fraction of sp³-hybridized carbons (Fsp3) is 1.00. The summed E-state index contributed by atoms with van der Waals surface area (Å²) in [6.45, 7) is 0. The van der Waals surface area contributed by atoms with Gasteiger partial charge in [-0.25, -0.2) is 0 Å². The van der Waals surface area contributed by atoms with Crippen LogP contribution in [0.1, 0.15) is 6.42 Å². The van der Waals surface area contributed by atoms with Crippen molar-refractivity contribution in [1.29, 1.82) is 0 Å². The van der Waals surface area contributed by atoms with Gasteiger partial charge in [0.05, 0.1) is 0 Å². The van der Waals surface area contributed by atoms with Crippen LogP contribution in [0, 0.1) is 0 Å². The lowest BCUT2D eigenvalue weighted by molar-refractivity contribution is -0.0727. The Kier molecular flexibility index (Phi) is 1.80. The van der Waals surface area contributed by atoms with Gasteiger partial charge in [-0.05, 0) is 12.7 Å². The van der Waals surface area contributed by atoms with Gasteiger partial charge in [0.2, 0.25) is 0 Å². The highest BCUT2D eigenvalue weighted by Crippen LogP contribution is 2.35. The minimum absolute atomic E-state index is 0.435. The van der Waals surface area contributed by atoms with E-state index in [0.717, 1.165) is 6.42 Å². The molecule has 3 heteroatoms. The lowest BCUT2D eigenvalue weighted by atomic mass is 10.7. The minimum atomic E-state index is 0.435. The van der Waals surface area contributed by atoms with Crippen molar-refractivity contribution in [2.24, 2.45) is 0 Å². The van der Waals surface area contributed by atoms with Crippen molar-refractivity contribution in [3.8, 4) is 0 Å². The van der Waals surface area contributed by atoms with Gasteiger partial charge in [-0.15, -0.1) is 0 Å². The van der Waals surface area contributed by atoms with E-state index in [4.69, 9.17) is 5.21 Å². The number of nitrogens with zero attached hydrogens (tertiary/aromatic N) is 1. The van der Waals surface area contributed by atoms with E-state index >= 15 is 0 Å². The summed E-state index contributed by atoms with van der Waals surface area (Å²) in [4.78, 5) is 0. The van der Waals surface area contributed by atoms with E-state index in [1.165, 1.54) is 5.06 Å². The molecule has 1 aliphatic rings. The van der Waals surface area contributed by atoms with Crippen molar-refractivity contribution in [3.05, 3.63) is 0 Å². The standard InChI is InChI=1S/C5H11NOS/c1-6(7)4-3-5(4)8-2/h4-5,7H,3H2,1-2H3. The first-order chi connectivity index (χ1) is 3.75. The molecule has 1 fully saturated rings. The van der Waals surface area contributed by atoms with Crippen LogP contribution >= 0.6 is 11.8 Å². The quantitative estimate of drug-likeness (QED) is 0.564. The molecule has 1 aliphatic carbocycles. The van der Waals surface area contributed by atoms with Crippen molar-refractivity contribution >= 4 is 11.8 Å². The molecular weight excluding hydrogens is 122 g/mol. The number of thioether (sulfide) groups is 1. The minimum Gasteiger partial charge on any atom is -0.314 e. The Morgan fingerprint density at radius 1 is 1.75 bits per heavy atom. The molecule has 2 unspecified atom stereocenters. The van der Waals surface area contributed by atoms with E-state index in [-0.39, 0.29) is 0 Å². The van der Waals surface area contributed by atoms with E-state index in [1.54, 1.807) is 7.05 Å². The molecule has 0 aromatic rings. The summed E-state index contributed by atoms with van der Waals surface area (Å²) in [5, 5.41) is 10.8. The Balaban J connectivity index is 2.16. The first kappa shape index (κ1) is 6.39. The average Bonchev–Trinajstić information content (AvgIpc) is 2.42. The molecule has 48 valence electrons. The average molecular weight is 133 g/mol.